The number of nitrogens with two attached hydrogens (primary N) is 1. The Bertz CT molecular complexity index is 496. The van der Waals surface area contributed by atoms with E-state index in [4.69, 9.17) is 22.1 Å². The number of rotatable bonds is 5. The van der Waals surface area contributed by atoms with E-state index >= 15 is 0 Å². The van der Waals surface area contributed by atoms with Crippen LogP contribution in [0.25, 0.3) is 0 Å². The maximum atomic E-state index is 5.83. The van der Waals surface area contributed by atoms with Crippen LogP contribution < -0.4 is 10.5 Å². The zero-order chi connectivity index (χ0) is 12.8. The lowest BCUT2D eigenvalue weighted by Crippen LogP contribution is -2.01. The van der Waals surface area contributed by atoms with Crippen molar-refractivity contribution in [2.75, 3.05) is 12.3 Å². The maximum absolute atomic E-state index is 5.83. The SMILES string of the molecule is Nc1ccccc1OCCCc1ccc(Cl)cc1. The van der Waals surface area contributed by atoms with Gasteiger partial charge in [-0.1, -0.05) is 35.9 Å². The molecule has 0 fully saturated rings. The zero-order valence-corrected chi connectivity index (χ0v) is 10.9. The van der Waals surface area contributed by atoms with Crippen LogP contribution in [0.3, 0.4) is 0 Å². The smallest absolute Gasteiger partial charge is 0.142 e. The molecular formula is C15H16ClNO. The molecule has 0 aliphatic heterocycles. The van der Waals surface area contributed by atoms with Gasteiger partial charge in [0, 0.05) is 5.02 Å². The summed E-state index contributed by atoms with van der Waals surface area (Å²) in [6.07, 6.45) is 1.93. The highest BCUT2D eigenvalue weighted by Gasteiger charge is 1.98. The fourth-order valence-corrected chi connectivity index (χ4v) is 1.85. The molecule has 0 saturated heterocycles. The van der Waals surface area contributed by atoms with Crippen molar-refractivity contribution in [3.05, 3.63) is 59.1 Å². The van der Waals surface area contributed by atoms with Gasteiger partial charge in [0.1, 0.15) is 5.75 Å². The van der Waals surface area contributed by atoms with Gasteiger partial charge < -0.3 is 10.5 Å². The number of halogens is 1. The van der Waals surface area contributed by atoms with Gasteiger partial charge >= 0.3 is 0 Å². The first kappa shape index (κ1) is 12.8. The van der Waals surface area contributed by atoms with Gasteiger partial charge in [-0.05, 0) is 42.7 Å². The fourth-order valence-electron chi connectivity index (χ4n) is 1.72. The predicted octanol–water partition coefficient (Wildman–Crippen LogP) is 3.93. The average molecular weight is 262 g/mol. The molecule has 0 heterocycles. The van der Waals surface area contributed by atoms with E-state index in [-0.39, 0.29) is 0 Å². The minimum atomic E-state index is 0.664. The number of benzene rings is 2. The number of hydrogen-bond donors (Lipinski definition) is 1. The number of ether oxygens (including phenoxy) is 1. The van der Waals surface area contributed by atoms with Crippen molar-refractivity contribution in [3.63, 3.8) is 0 Å². The lowest BCUT2D eigenvalue weighted by atomic mass is 10.1. The standard InChI is InChI=1S/C15H16ClNO/c16-13-9-7-12(8-10-13)4-3-11-18-15-6-2-1-5-14(15)17/h1-2,5-10H,3-4,11,17H2. The molecule has 18 heavy (non-hydrogen) atoms. The van der Waals surface area contributed by atoms with Crippen molar-refractivity contribution >= 4 is 17.3 Å². The van der Waals surface area contributed by atoms with Crippen molar-refractivity contribution in [1.82, 2.24) is 0 Å². The van der Waals surface area contributed by atoms with Gasteiger partial charge in [-0.25, -0.2) is 0 Å². The van der Waals surface area contributed by atoms with Crippen molar-refractivity contribution in [2.24, 2.45) is 0 Å². The molecule has 0 radical (unpaired) electrons. The summed E-state index contributed by atoms with van der Waals surface area (Å²) in [5.41, 5.74) is 7.74. The van der Waals surface area contributed by atoms with Gasteiger partial charge in [-0.2, -0.15) is 0 Å². The first-order chi connectivity index (χ1) is 8.75. The van der Waals surface area contributed by atoms with E-state index in [0.717, 1.165) is 23.6 Å². The highest BCUT2D eigenvalue weighted by atomic mass is 35.5. The molecule has 0 unspecified atom stereocenters. The minimum absolute atomic E-state index is 0.664. The number of anilines is 1. The molecule has 0 saturated carbocycles. The molecule has 0 amide bonds. The summed E-state index contributed by atoms with van der Waals surface area (Å²) in [4.78, 5) is 0. The Morgan fingerprint density at radius 3 is 2.44 bits per heavy atom. The Balaban J connectivity index is 1.76. The first-order valence-electron chi connectivity index (χ1n) is 5.97. The van der Waals surface area contributed by atoms with Crippen LogP contribution in [0.1, 0.15) is 12.0 Å². The highest BCUT2D eigenvalue weighted by molar-refractivity contribution is 6.30. The van der Waals surface area contributed by atoms with Gasteiger partial charge in [0.15, 0.2) is 0 Å². The summed E-state index contributed by atoms with van der Waals surface area (Å²) in [5.74, 6) is 0.758. The summed E-state index contributed by atoms with van der Waals surface area (Å²) >= 11 is 5.83. The second kappa shape index (κ2) is 6.31. The van der Waals surface area contributed by atoms with E-state index in [0.29, 0.717) is 12.3 Å². The van der Waals surface area contributed by atoms with Crippen molar-refractivity contribution in [1.29, 1.82) is 0 Å². The van der Waals surface area contributed by atoms with Crippen LogP contribution in [-0.4, -0.2) is 6.61 Å². The number of nitrogen functional groups attached to an aromatic ring is 1. The molecule has 0 aromatic heterocycles. The Morgan fingerprint density at radius 2 is 1.72 bits per heavy atom. The minimum Gasteiger partial charge on any atom is -0.491 e. The van der Waals surface area contributed by atoms with Crippen molar-refractivity contribution < 1.29 is 4.74 Å². The van der Waals surface area contributed by atoms with Gasteiger partial charge in [-0.3, -0.25) is 0 Å². The molecule has 2 N–H and O–H groups in total. The van der Waals surface area contributed by atoms with Crippen LogP contribution in [0.2, 0.25) is 5.02 Å². The molecule has 2 aromatic carbocycles. The second-order valence-electron chi connectivity index (χ2n) is 4.12. The Labute approximate surface area is 112 Å². The molecular weight excluding hydrogens is 246 g/mol. The predicted molar refractivity (Wildman–Crippen MR) is 76.1 cm³/mol. The molecule has 2 nitrogen and oxygen atoms in total. The summed E-state index contributed by atoms with van der Waals surface area (Å²) in [6, 6.07) is 15.4. The number of aryl methyl sites for hydroxylation is 1. The van der Waals surface area contributed by atoms with E-state index in [1.807, 2.05) is 48.5 Å². The van der Waals surface area contributed by atoms with Crippen LogP contribution >= 0.6 is 11.6 Å². The third kappa shape index (κ3) is 3.67. The van der Waals surface area contributed by atoms with Gasteiger partial charge in [0.05, 0.1) is 12.3 Å². The zero-order valence-electron chi connectivity index (χ0n) is 10.1. The molecule has 3 heteroatoms. The molecule has 2 rings (SSSR count). The molecule has 0 bridgehead atoms. The van der Waals surface area contributed by atoms with Crippen LogP contribution in [-0.2, 0) is 6.42 Å². The lowest BCUT2D eigenvalue weighted by molar-refractivity contribution is 0.312. The normalized spacial score (nSPS) is 10.3. The maximum Gasteiger partial charge on any atom is 0.142 e. The highest BCUT2D eigenvalue weighted by Crippen LogP contribution is 2.20. The average Bonchev–Trinajstić information content (AvgIpc) is 2.39. The number of hydrogen-bond acceptors (Lipinski definition) is 2. The van der Waals surface area contributed by atoms with Crippen LogP contribution in [0.5, 0.6) is 5.75 Å². The summed E-state index contributed by atoms with van der Waals surface area (Å²) in [7, 11) is 0. The van der Waals surface area contributed by atoms with Gasteiger partial charge in [-0.15, -0.1) is 0 Å². The van der Waals surface area contributed by atoms with Crippen LogP contribution in [0, 0.1) is 0 Å². The van der Waals surface area contributed by atoms with Gasteiger partial charge in [0.2, 0.25) is 0 Å². The van der Waals surface area contributed by atoms with Crippen molar-refractivity contribution in [3.8, 4) is 5.75 Å². The summed E-state index contributed by atoms with van der Waals surface area (Å²) in [6.45, 7) is 0.664. The number of para-hydroxylation sites is 2. The van der Waals surface area contributed by atoms with E-state index < -0.39 is 0 Å². The largest absolute Gasteiger partial charge is 0.491 e. The molecule has 2 aromatic rings. The monoisotopic (exact) mass is 261 g/mol. The topological polar surface area (TPSA) is 35.2 Å². The third-order valence-corrected chi connectivity index (χ3v) is 2.95. The second-order valence-corrected chi connectivity index (χ2v) is 4.55. The third-order valence-electron chi connectivity index (χ3n) is 2.70. The van der Waals surface area contributed by atoms with E-state index in [1.165, 1.54) is 5.56 Å². The molecule has 0 spiro atoms. The Kier molecular flexibility index (Phi) is 4.48. The summed E-state index contributed by atoms with van der Waals surface area (Å²) in [5, 5.41) is 0.770. The summed E-state index contributed by atoms with van der Waals surface area (Å²) < 4.78 is 5.63. The van der Waals surface area contributed by atoms with Crippen LogP contribution in [0.15, 0.2) is 48.5 Å². The molecule has 0 aliphatic rings. The quantitative estimate of drug-likeness (QED) is 0.654. The molecule has 0 aliphatic carbocycles. The Morgan fingerprint density at radius 1 is 1.00 bits per heavy atom. The molecule has 94 valence electrons. The molecule has 0 atom stereocenters. The van der Waals surface area contributed by atoms with E-state index in [2.05, 4.69) is 0 Å². The van der Waals surface area contributed by atoms with Crippen molar-refractivity contribution in [2.45, 2.75) is 12.8 Å². The first-order valence-corrected chi connectivity index (χ1v) is 6.35. The lowest BCUT2D eigenvalue weighted by Gasteiger charge is -2.08. The Hall–Kier alpha value is -1.67. The van der Waals surface area contributed by atoms with E-state index in [1.54, 1.807) is 0 Å². The fraction of sp³-hybridized carbons (Fsp3) is 0.200. The van der Waals surface area contributed by atoms with Crippen LogP contribution in [0.4, 0.5) is 5.69 Å². The van der Waals surface area contributed by atoms with E-state index in [9.17, 15) is 0 Å². The van der Waals surface area contributed by atoms with Gasteiger partial charge in [0.25, 0.3) is 0 Å².